The van der Waals surface area contributed by atoms with Gasteiger partial charge in [0.1, 0.15) is 18.7 Å². The highest BCUT2D eigenvalue weighted by Crippen LogP contribution is 2.22. The molecule has 8 nitrogen and oxygen atoms in total. The number of carbonyl (C=O) groups excluding carboxylic acids is 3. The third-order valence-electron chi connectivity index (χ3n) is 4.92. The van der Waals surface area contributed by atoms with Gasteiger partial charge in [-0.25, -0.2) is 4.79 Å². The van der Waals surface area contributed by atoms with Crippen molar-refractivity contribution in [3.8, 4) is 0 Å². The normalized spacial score (nSPS) is 13.0. The Morgan fingerprint density at radius 1 is 0.938 bits per heavy atom. The van der Waals surface area contributed by atoms with E-state index in [9.17, 15) is 19.5 Å². The number of amides is 3. The van der Waals surface area contributed by atoms with E-state index in [1.54, 1.807) is 24.3 Å². The maximum Gasteiger partial charge on any atom is 0.408 e. The predicted octanol–water partition coefficient (Wildman–Crippen LogP) is 1.78. The molecule has 3 amide bonds. The number of nitrogens with one attached hydrogen (secondary N) is 2. The van der Waals surface area contributed by atoms with Crippen molar-refractivity contribution in [1.82, 2.24) is 10.6 Å². The van der Waals surface area contributed by atoms with Crippen molar-refractivity contribution >= 4 is 17.9 Å². The summed E-state index contributed by atoms with van der Waals surface area (Å²) in [5.74, 6) is -1.46. The second kappa shape index (κ2) is 11.3. The van der Waals surface area contributed by atoms with Crippen molar-refractivity contribution in [3.63, 3.8) is 0 Å². The van der Waals surface area contributed by atoms with Gasteiger partial charge in [-0.05, 0) is 22.1 Å². The number of ether oxygens (including phenoxy) is 1. The standard InChI is InChI=1S/C24H31N3O5/c1-24(2,3)18-11-9-16(10-12-18)13-19(21(25)29)26-22(30)20(14-28)27-23(31)32-15-17-7-5-4-6-8-17/h4-12,19-20,28H,13-15H2,1-3H3,(H2,25,29)(H,26,30)(H,27,31)/t19-,20+/m1/s1. The zero-order valence-electron chi connectivity index (χ0n) is 18.6. The molecule has 32 heavy (non-hydrogen) atoms. The summed E-state index contributed by atoms with van der Waals surface area (Å²) in [6, 6.07) is 14.4. The van der Waals surface area contributed by atoms with Gasteiger partial charge in [0.15, 0.2) is 0 Å². The molecule has 0 aliphatic heterocycles. The van der Waals surface area contributed by atoms with Gasteiger partial charge in [0.25, 0.3) is 0 Å². The molecule has 2 aromatic carbocycles. The first-order valence-electron chi connectivity index (χ1n) is 10.4. The maximum atomic E-state index is 12.5. The van der Waals surface area contributed by atoms with Crippen LogP contribution in [0.5, 0.6) is 0 Å². The fourth-order valence-electron chi connectivity index (χ4n) is 2.97. The zero-order valence-corrected chi connectivity index (χ0v) is 18.6. The number of benzene rings is 2. The van der Waals surface area contributed by atoms with Crippen LogP contribution in [0, 0.1) is 0 Å². The van der Waals surface area contributed by atoms with Gasteiger partial charge < -0.3 is 26.2 Å². The number of aliphatic hydroxyl groups is 1. The number of hydrogen-bond donors (Lipinski definition) is 4. The number of nitrogens with two attached hydrogens (primary N) is 1. The topological polar surface area (TPSA) is 131 Å². The highest BCUT2D eigenvalue weighted by Gasteiger charge is 2.26. The van der Waals surface area contributed by atoms with Gasteiger partial charge in [-0.2, -0.15) is 0 Å². The number of rotatable bonds is 9. The molecule has 2 rings (SSSR count). The molecule has 0 bridgehead atoms. The SMILES string of the molecule is CC(C)(C)c1ccc(C[C@@H](NC(=O)[C@H](CO)NC(=O)OCc2ccccc2)C(N)=O)cc1. The van der Waals surface area contributed by atoms with Crippen LogP contribution in [-0.4, -0.2) is 41.7 Å². The smallest absolute Gasteiger partial charge is 0.408 e. The summed E-state index contributed by atoms with van der Waals surface area (Å²) in [6.07, 6.45) is -0.682. The number of carbonyl (C=O) groups is 3. The first-order valence-corrected chi connectivity index (χ1v) is 10.4. The molecule has 2 aromatic rings. The van der Waals surface area contributed by atoms with Crippen LogP contribution in [0.4, 0.5) is 4.79 Å². The Labute approximate surface area is 188 Å². The van der Waals surface area contributed by atoms with Gasteiger partial charge in [0.05, 0.1) is 6.61 Å². The van der Waals surface area contributed by atoms with Gasteiger partial charge in [-0.3, -0.25) is 9.59 Å². The molecule has 5 N–H and O–H groups in total. The zero-order chi connectivity index (χ0) is 23.7. The summed E-state index contributed by atoms with van der Waals surface area (Å²) in [4.78, 5) is 36.4. The lowest BCUT2D eigenvalue weighted by atomic mass is 9.86. The van der Waals surface area contributed by atoms with Gasteiger partial charge in [0, 0.05) is 6.42 Å². The number of primary amides is 1. The van der Waals surface area contributed by atoms with Crippen LogP contribution < -0.4 is 16.4 Å². The van der Waals surface area contributed by atoms with E-state index >= 15 is 0 Å². The van der Waals surface area contributed by atoms with E-state index in [1.807, 2.05) is 30.3 Å². The third kappa shape index (κ3) is 7.70. The second-order valence-electron chi connectivity index (χ2n) is 8.56. The molecular weight excluding hydrogens is 410 g/mol. The molecule has 0 unspecified atom stereocenters. The minimum Gasteiger partial charge on any atom is -0.445 e. The van der Waals surface area contributed by atoms with Crippen molar-refractivity contribution in [2.24, 2.45) is 5.73 Å². The lowest BCUT2D eigenvalue weighted by Gasteiger charge is -2.22. The highest BCUT2D eigenvalue weighted by molar-refractivity contribution is 5.91. The molecule has 0 spiro atoms. The summed E-state index contributed by atoms with van der Waals surface area (Å²) in [5.41, 5.74) is 8.18. The fraction of sp³-hybridized carbons (Fsp3) is 0.375. The second-order valence-corrected chi connectivity index (χ2v) is 8.56. The van der Waals surface area contributed by atoms with Crippen LogP contribution in [0.2, 0.25) is 0 Å². The van der Waals surface area contributed by atoms with Gasteiger partial charge in [-0.1, -0.05) is 75.4 Å². The van der Waals surface area contributed by atoms with Crippen LogP contribution in [0.1, 0.15) is 37.5 Å². The Hall–Kier alpha value is -3.39. The molecule has 0 saturated heterocycles. The summed E-state index contributed by atoms with van der Waals surface area (Å²) in [6.45, 7) is 5.64. The fourth-order valence-corrected chi connectivity index (χ4v) is 2.97. The lowest BCUT2D eigenvalue weighted by Crippen LogP contribution is -2.54. The van der Waals surface area contributed by atoms with E-state index in [1.165, 1.54) is 0 Å². The molecule has 0 aliphatic rings. The summed E-state index contributed by atoms with van der Waals surface area (Å²) in [5, 5.41) is 14.3. The van der Waals surface area contributed by atoms with E-state index in [4.69, 9.17) is 10.5 Å². The van der Waals surface area contributed by atoms with Crippen LogP contribution >= 0.6 is 0 Å². The van der Waals surface area contributed by atoms with E-state index < -0.39 is 36.6 Å². The molecule has 2 atom stereocenters. The maximum absolute atomic E-state index is 12.5. The molecule has 8 heteroatoms. The Bertz CT molecular complexity index is 907. The number of hydrogen-bond acceptors (Lipinski definition) is 5. The van der Waals surface area contributed by atoms with Crippen molar-refractivity contribution < 1.29 is 24.2 Å². The minimum atomic E-state index is -1.29. The third-order valence-corrected chi connectivity index (χ3v) is 4.92. The summed E-state index contributed by atoms with van der Waals surface area (Å²) < 4.78 is 5.06. The molecule has 0 aliphatic carbocycles. The average molecular weight is 442 g/mol. The van der Waals surface area contributed by atoms with Gasteiger partial charge in [0.2, 0.25) is 11.8 Å². The van der Waals surface area contributed by atoms with Gasteiger partial charge in [-0.15, -0.1) is 0 Å². The number of aliphatic hydroxyl groups excluding tert-OH is 1. The average Bonchev–Trinajstić information content (AvgIpc) is 2.75. The minimum absolute atomic E-state index is 0.00896. The molecule has 0 aromatic heterocycles. The monoisotopic (exact) mass is 441 g/mol. The predicted molar refractivity (Wildman–Crippen MR) is 121 cm³/mol. The Morgan fingerprint density at radius 3 is 2.09 bits per heavy atom. The Morgan fingerprint density at radius 2 is 1.56 bits per heavy atom. The first kappa shape index (κ1) is 24.9. The molecule has 172 valence electrons. The number of alkyl carbamates (subject to hydrolysis) is 1. The van der Waals surface area contributed by atoms with Crippen molar-refractivity contribution in [1.29, 1.82) is 0 Å². The summed E-state index contributed by atoms with van der Waals surface area (Å²) >= 11 is 0. The van der Waals surface area contributed by atoms with Crippen molar-refractivity contribution in [2.75, 3.05) is 6.61 Å². The molecule has 0 saturated carbocycles. The van der Waals surface area contributed by atoms with E-state index in [0.717, 1.165) is 16.7 Å². The van der Waals surface area contributed by atoms with Crippen LogP contribution in [0.25, 0.3) is 0 Å². The molecular formula is C24H31N3O5. The van der Waals surface area contributed by atoms with Crippen molar-refractivity contribution in [3.05, 3.63) is 71.3 Å². The first-order chi connectivity index (χ1) is 15.1. The molecule has 0 radical (unpaired) electrons. The Kier molecular flexibility index (Phi) is 8.78. The highest BCUT2D eigenvalue weighted by atomic mass is 16.5. The van der Waals surface area contributed by atoms with E-state index in [-0.39, 0.29) is 18.4 Å². The van der Waals surface area contributed by atoms with Gasteiger partial charge >= 0.3 is 6.09 Å². The summed E-state index contributed by atoms with van der Waals surface area (Å²) in [7, 11) is 0. The van der Waals surface area contributed by atoms with Crippen LogP contribution in [0.3, 0.4) is 0 Å². The Balaban J connectivity index is 1.94. The van der Waals surface area contributed by atoms with E-state index in [2.05, 4.69) is 31.4 Å². The quantitative estimate of drug-likeness (QED) is 0.471. The van der Waals surface area contributed by atoms with E-state index in [0.29, 0.717) is 0 Å². The van der Waals surface area contributed by atoms with Crippen LogP contribution in [0.15, 0.2) is 54.6 Å². The van der Waals surface area contributed by atoms with Crippen LogP contribution in [-0.2, 0) is 32.8 Å². The molecule has 0 fully saturated rings. The van der Waals surface area contributed by atoms with Crippen molar-refractivity contribution in [2.45, 2.75) is 51.3 Å². The largest absolute Gasteiger partial charge is 0.445 e. The lowest BCUT2D eigenvalue weighted by molar-refractivity contribution is -0.129. The molecule has 0 heterocycles.